The maximum absolute atomic E-state index is 12.1. The van der Waals surface area contributed by atoms with Crippen LogP contribution >= 0.6 is 0 Å². The van der Waals surface area contributed by atoms with Gasteiger partial charge >= 0.3 is 0 Å². The van der Waals surface area contributed by atoms with E-state index in [1.165, 1.54) is 0 Å². The van der Waals surface area contributed by atoms with Gasteiger partial charge in [0, 0.05) is 19.1 Å². The molecule has 0 aromatic rings. The molecule has 1 unspecified atom stereocenters. The second-order valence-corrected chi connectivity index (χ2v) is 7.81. The van der Waals surface area contributed by atoms with Gasteiger partial charge in [0.2, 0.25) is 10.0 Å². The lowest BCUT2D eigenvalue weighted by atomic mass is 9.94. The van der Waals surface area contributed by atoms with E-state index in [0.29, 0.717) is 19.5 Å². The van der Waals surface area contributed by atoms with Crippen LogP contribution in [0, 0.1) is 5.41 Å². The molecule has 0 amide bonds. The zero-order valence-corrected chi connectivity index (χ0v) is 11.4. The van der Waals surface area contributed by atoms with E-state index in [2.05, 4.69) is 20.8 Å². The monoisotopic (exact) mass is 248 g/mol. The average Bonchev–Trinajstić information content (AvgIpc) is 2.62. The summed E-state index contributed by atoms with van der Waals surface area (Å²) in [6.45, 7) is 7.27. The summed E-state index contributed by atoms with van der Waals surface area (Å²) in [5, 5.41) is 0. The molecule has 1 rings (SSSR count). The first-order chi connectivity index (χ1) is 7.26. The van der Waals surface area contributed by atoms with Crippen molar-refractivity contribution in [2.75, 3.05) is 18.8 Å². The lowest BCUT2D eigenvalue weighted by Gasteiger charge is -2.25. The van der Waals surface area contributed by atoms with Crippen molar-refractivity contribution >= 4 is 10.0 Å². The lowest BCUT2D eigenvalue weighted by Crippen LogP contribution is -2.41. The minimum atomic E-state index is -3.10. The van der Waals surface area contributed by atoms with Crippen molar-refractivity contribution in [3.63, 3.8) is 0 Å². The van der Waals surface area contributed by atoms with Crippen molar-refractivity contribution in [2.24, 2.45) is 11.1 Å². The second kappa shape index (κ2) is 5.02. The Kier molecular flexibility index (Phi) is 4.37. The number of nitrogens with two attached hydrogens (primary N) is 1. The predicted molar refractivity (Wildman–Crippen MR) is 66.6 cm³/mol. The van der Waals surface area contributed by atoms with Crippen LogP contribution in [0.15, 0.2) is 0 Å². The van der Waals surface area contributed by atoms with E-state index in [4.69, 9.17) is 5.73 Å². The molecule has 1 aliphatic rings. The Morgan fingerprint density at radius 3 is 2.50 bits per heavy atom. The van der Waals surface area contributed by atoms with Gasteiger partial charge in [-0.15, -0.1) is 0 Å². The standard InChI is InChI=1S/C11H24N2O2S/c1-11(2,3)6-8-16(14,15)13-7-4-5-10(13)9-12/h10H,4-9,12H2,1-3H3. The smallest absolute Gasteiger partial charge is 0.214 e. The molecule has 0 radical (unpaired) electrons. The first-order valence-electron chi connectivity index (χ1n) is 5.96. The Hall–Kier alpha value is -0.130. The van der Waals surface area contributed by atoms with Crippen molar-refractivity contribution in [3.05, 3.63) is 0 Å². The summed E-state index contributed by atoms with van der Waals surface area (Å²) in [4.78, 5) is 0. The van der Waals surface area contributed by atoms with Gasteiger partial charge in [-0.1, -0.05) is 20.8 Å². The fourth-order valence-corrected chi connectivity index (χ4v) is 4.12. The molecule has 1 fully saturated rings. The predicted octanol–water partition coefficient (Wildman–Crippen LogP) is 1.18. The summed E-state index contributed by atoms with van der Waals surface area (Å²) in [5.74, 6) is 0.243. The van der Waals surface area contributed by atoms with Crippen LogP contribution in [0.4, 0.5) is 0 Å². The van der Waals surface area contributed by atoms with Crippen LogP contribution in [0.5, 0.6) is 0 Å². The molecule has 2 N–H and O–H groups in total. The molecular formula is C11H24N2O2S. The van der Waals surface area contributed by atoms with E-state index in [-0.39, 0.29) is 17.2 Å². The Labute approximate surface area is 99.2 Å². The van der Waals surface area contributed by atoms with E-state index in [0.717, 1.165) is 12.8 Å². The van der Waals surface area contributed by atoms with E-state index < -0.39 is 10.0 Å². The summed E-state index contributed by atoms with van der Waals surface area (Å²) in [5.41, 5.74) is 5.66. The van der Waals surface area contributed by atoms with Crippen LogP contribution in [0.25, 0.3) is 0 Å². The van der Waals surface area contributed by atoms with Crippen LogP contribution in [-0.2, 0) is 10.0 Å². The number of sulfonamides is 1. The highest BCUT2D eigenvalue weighted by molar-refractivity contribution is 7.89. The number of rotatable bonds is 4. The molecule has 1 atom stereocenters. The molecule has 4 nitrogen and oxygen atoms in total. The lowest BCUT2D eigenvalue weighted by molar-refractivity contribution is 0.369. The van der Waals surface area contributed by atoms with Gasteiger partial charge < -0.3 is 5.73 Å². The van der Waals surface area contributed by atoms with Crippen molar-refractivity contribution in [1.29, 1.82) is 0 Å². The molecule has 5 heteroatoms. The highest BCUT2D eigenvalue weighted by Gasteiger charge is 2.33. The van der Waals surface area contributed by atoms with Crippen LogP contribution in [-0.4, -0.2) is 37.6 Å². The van der Waals surface area contributed by atoms with Gasteiger partial charge in [0.15, 0.2) is 0 Å². The molecule has 1 heterocycles. The van der Waals surface area contributed by atoms with E-state index >= 15 is 0 Å². The minimum absolute atomic E-state index is 0.0324. The Morgan fingerprint density at radius 1 is 1.38 bits per heavy atom. The molecule has 16 heavy (non-hydrogen) atoms. The van der Waals surface area contributed by atoms with Gasteiger partial charge in [-0.25, -0.2) is 8.42 Å². The molecule has 0 aromatic carbocycles. The first kappa shape index (κ1) is 13.9. The van der Waals surface area contributed by atoms with Crippen LogP contribution in [0.3, 0.4) is 0 Å². The van der Waals surface area contributed by atoms with Crippen LogP contribution in [0.2, 0.25) is 0 Å². The number of hydrogen-bond donors (Lipinski definition) is 1. The molecule has 96 valence electrons. The van der Waals surface area contributed by atoms with E-state index in [1.54, 1.807) is 4.31 Å². The van der Waals surface area contributed by atoms with Gasteiger partial charge in [-0.3, -0.25) is 0 Å². The average molecular weight is 248 g/mol. The van der Waals surface area contributed by atoms with Crippen molar-refractivity contribution < 1.29 is 8.42 Å². The zero-order chi connectivity index (χ0) is 12.4. The van der Waals surface area contributed by atoms with Crippen molar-refractivity contribution in [2.45, 2.75) is 46.1 Å². The Morgan fingerprint density at radius 2 is 2.00 bits per heavy atom. The van der Waals surface area contributed by atoms with E-state index in [1.807, 2.05) is 0 Å². The van der Waals surface area contributed by atoms with E-state index in [9.17, 15) is 8.42 Å². The Balaban J connectivity index is 2.63. The van der Waals surface area contributed by atoms with Gasteiger partial charge in [0.25, 0.3) is 0 Å². The number of nitrogens with zero attached hydrogens (tertiary/aromatic N) is 1. The van der Waals surface area contributed by atoms with Gasteiger partial charge in [-0.2, -0.15) is 4.31 Å². The van der Waals surface area contributed by atoms with Crippen molar-refractivity contribution in [1.82, 2.24) is 4.31 Å². The molecule has 1 saturated heterocycles. The second-order valence-electron chi connectivity index (χ2n) is 5.77. The summed E-state index contributed by atoms with van der Waals surface area (Å²) in [6, 6.07) is 0.0324. The molecule has 0 spiro atoms. The minimum Gasteiger partial charge on any atom is -0.329 e. The largest absolute Gasteiger partial charge is 0.329 e. The molecule has 0 saturated carbocycles. The molecule has 0 bridgehead atoms. The quantitative estimate of drug-likeness (QED) is 0.812. The maximum atomic E-state index is 12.1. The van der Waals surface area contributed by atoms with Gasteiger partial charge in [0.05, 0.1) is 5.75 Å². The zero-order valence-electron chi connectivity index (χ0n) is 10.6. The van der Waals surface area contributed by atoms with Crippen LogP contribution < -0.4 is 5.73 Å². The third-order valence-corrected chi connectivity index (χ3v) is 4.98. The Bertz CT molecular complexity index is 319. The fraction of sp³-hybridized carbons (Fsp3) is 1.00. The third kappa shape index (κ3) is 3.71. The molecule has 1 aliphatic heterocycles. The fourth-order valence-electron chi connectivity index (χ4n) is 1.96. The maximum Gasteiger partial charge on any atom is 0.214 e. The van der Waals surface area contributed by atoms with Gasteiger partial charge in [0.1, 0.15) is 0 Å². The highest BCUT2D eigenvalue weighted by atomic mass is 32.2. The SMILES string of the molecule is CC(C)(C)CCS(=O)(=O)N1CCCC1CN. The summed E-state index contributed by atoms with van der Waals surface area (Å²) in [7, 11) is -3.10. The van der Waals surface area contributed by atoms with Gasteiger partial charge in [-0.05, 0) is 24.7 Å². The molecular weight excluding hydrogens is 224 g/mol. The third-order valence-electron chi connectivity index (χ3n) is 3.06. The highest BCUT2D eigenvalue weighted by Crippen LogP contribution is 2.24. The topological polar surface area (TPSA) is 63.4 Å². The summed E-state index contributed by atoms with van der Waals surface area (Å²) < 4.78 is 25.8. The van der Waals surface area contributed by atoms with Crippen LogP contribution in [0.1, 0.15) is 40.0 Å². The first-order valence-corrected chi connectivity index (χ1v) is 7.57. The number of hydrogen-bond acceptors (Lipinski definition) is 3. The summed E-state index contributed by atoms with van der Waals surface area (Å²) in [6.07, 6.45) is 2.55. The molecule has 0 aromatic heterocycles. The normalized spacial score (nSPS) is 23.9. The van der Waals surface area contributed by atoms with Crippen molar-refractivity contribution in [3.8, 4) is 0 Å². The summed E-state index contributed by atoms with van der Waals surface area (Å²) >= 11 is 0. The molecule has 0 aliphatic carbocycles.